The van der Waals surface area contributed by atoms with E-state index in [4.69, 9.17) is 10.5 Å². The number of hydrogen-bond donors (Lipinski definition) is 1. The summed E-state index contributed by atoms with van der Waals surface area (Å²) in [4.78, 5) is 24.5. The van der Waals surface area contributed by atoms with Gasteiger partial charge in [0, 0.05) is 29.2 Å². The number of ether oxygens (including phenoxy) is 1. The second-order valence-corrected chi connectivity index (χ2v) is 10.5. The summed E-state index contributed by atoms with van der Waals surface area (Å²) < 4.78 is 45.5. The van der Waals surface area contributed by atoms with Crippen LogP contribution >= 0.6 is 11.3 Å². The maximum atomic E-state index is 13.8. The van der Waals surface area contributed by atoms with Gasteiger partial charge in [-0.3, -0.25) is 9.69 Å². The summed E-state index contributed by atoms with van der Waals surface area (Å²) in [7, 11) is 1.66. The number of carbonyl (C=O) groups is 1. The quantitative estimate of drug-likeness (QED) is 0.718. The number of hydrogen-bond acceptors (Lipinski definition) is 6. The Morgan fingerprint density at radius 3 is 2.64 bits per heavy atom. The number of alkyl halides is 3. The summed E-state index contributed by atoms with van der Waals surface area (Å²) >= 11 is 1.53. The number of guanidine groups is 1. The van der Waals surface area contributed by atoms with Crippen LogP contribution in [0.15, 0.2) is 29.4 Å². The number of methoxy groups -OCH3 is 1. The Balaban J connectivity index is 1.65. The van der Waals surface area contributed by atoms with Crippen LogP contribution in [0.3, 0.4) is 0 Å². The zero-order valence-electron chi connectivity index (χ0n) is 18.4. The maximum Gasteiger partial charge on any atom is 0.406 e. The van der Waals surface area contributed by atoms with Crippen molar-refractivity contribution in [1.29, 1.82) is 0 Å². The van der Waals surface area contributed by atoms with Gasteiger partial charge in [0.05, 0.1) is 6.10 Å². The molecule has 33 heavy (non-hydrogen) atoms. The highest BCUT2D eigenvalue weighted by molar-refractivity contribution is 7.14. The minimum Gasteiger partial charge on any atom is -0.381 e. The predicted octanol–water partition coefficient (Wildman–Crippen LogP) is 4.16. The summed E-state index contributed by atoms with van der Waals surface area (Å²) in [5.74, 6) is -1.05. The third kappa shape index (κ3) is 3.37. The van der Waals surface area contributed by atoms with Crippen LogP contribution in [0.4, 0.5) is 13.2 Å². The Kier molecular flexibility index (Phi) is 5.09. The number of aryl methyl sites for hydroxylation is 1. The van der Waals surface area contributed by atoms with E-state index in [1.807, 2.05) is 25.1 Å². The average molecular weight is 479 g/mol. The van der Waals surface area contributed by atoms with Crippen LogP contribution in [0.25, 0.3) is 10.6 Å². The molecule has 5 rings (SSSR count). The number of aliphatic imine (C=N–C) groups is 1. The smallest absolute Gasteiger partial charge is 0.381 e. The number of carbonyl (C=O) groups excluding carboxylic acids is 1. The molecule has 1 saturated carbocycles. The molecule has 0 bridgehead atoms. The highest BCUT2D eigenvalue weighted by Crippen LogP contribution is 2.62. The molecule has 1 amide bonds. The first-order valence-electron chi connectivity index (χ1n) is 10.9. The van der Waals surface area contributed by atoms with Gasteiger partial charge in [0.2, 0.25) is 0 Å². The van der Waals surface area contributed by atoms with Crippen molar-refractivity contribution in [3.63, 3.8) is 0 Å². The van der Waals surface area contributed by atoms with Gasteiger partial charge < -0.3 is 10.5 Å². The van der Waals surface area contributed by atoms with Gasteiger partial charge in [0.1, 0.15) is 11.6 Å². The van der Waals surface area contributed by atoms with Gasteiger partial charge in [0.25, 0.3) is 5.91 Å². The third-order valence-electron chi connectivity index (χ3n) is 7.34. The van der Waals surface area contributed by atoms with Gasteiger partial charge in [-0.05, 0) is 56.2 Å². The second-order valence-electron chi connectivity index (χ2n) is 9.23. The van der Waals surface area contributed by atoms with Crippen LogP contribution in [0.5, 0.6) is 0 Å². The molecule has 2 N–H and O–H groups in total. The lowest BCUT2D eigenvalue weighted by Gasteiger charge is -2.45. The fraction of sp³-hybridized carbons (Fsp3) is 0.522. The van der Waals surface area contributed by atoms with E-state index in [2.05, 4.69) is 9.98 Å². The van der Waals surface area contributed by atoms with Gasteiger partial charge in [0.15, 0.2) is 11.5 Å². The molecule has 176 valence electrons. The number of halogens is 3. The molecule has 2 aliphatic carbocycles. The molecule has 1 aromatic carbocycles. The average Bonchev–Trinajstić information content (AvgIpc) is 3.38. The fourth-order valence-corrected chi connectivity index (χ4v) is 6.58. The number of rotatable bonds is 3. The molecule has 1 fully saturated rings. The fourth-order valence-electron chi connectivity index (χ4n) is 5.82. The first-order valence-corrected chi connectivity index (χ1v) is 11.7. The number of fused-ring (bicyclic) bond motifs is 3. The van der Waals surface area contributed by atoms with Gasteiger partial charge in [-0.2, -0.15) is 13.2 Å². The third-order valence-corrected chi connectivity index (χ3v) is 8.30. The van der Waals surface area contributed by atoms with E-state index in [1.54, 1.807) is 13.3 Å². The lowest BCUT2D eigenvalue weighted by Crippen LogP contribution is -2.53. The van der Waals surface area contributed by atoms with E-state index in [0.29, 0.717) is 42.6 Å². The van der Waals surface area contributed by atoms with Crippen molar-refractivity contribution in [2.75, 3.05) is 13.7 Å². The molecule has 6 nitrogen and oxygen atoms in total. The summed E-state index contributed by atoms with van der Waals surface area (Å²) in [6.45, 7) is 0.514. The Morgan fingerprint density at radius 1 is 1.30 bits per heavy atom. The van der Waals surface area contributed by atoms with Crippen LogP contribution in [-0.2, 0) is 21.5 Å². The number of aromatic nitrogens is 1. The Hall–Kier alpha value is -2.46. The minimum absolute atomic E-state index is 0.0642. The molecule has 1 atom stereocenters. The van der Waals surface area contributed by atoms with Crippen LogP contribution < -0.4 is 5.73 Å². The molecule has 10 heteroatoms. The first-order chi connectivity index (χ1) is 15.6. The molecular weight excluding hydrogens is 453 g/mol. The summed E-state index contributed by atoms with van der Waals surface area (Å²) in [5.41, 5.74) is 6.32. The SMILES string of the molecule is CO[C@H]1CC[C@]2(CC1)Cc1ccc(-c3ncc(C)s3)cc1C21N=C(N)N(CC(F)(F)F)C1=O. The van der Waals surface area contributed by atoms with Crippen molar-refractivity contribution in [3.8, 4) is 10.6 Å². The van der Waals surface area contributed by atoms with Gasteiger partial charge in [-0.1, -0.05) is 12.1 Å². The predicted molar refractivity (Wildman–Crippen MR) is 119 cm³/mol. The zero-order valence-corrected chi connectivity index (χ0v) is 19.2. The molecule has 2 heterocycles. The van der Waals surface area contributed by atoms with Crippen LogP contribution in [-0.4, -0.2) is 47.7 Å². The normalized spacial score (nSPS) is 29.2. The van der Waals surface area contributed by atoms with Gasteiger partial charge >= 0.3 is 6.18 Å². The largest absolute Gasteiger partial charge is 0.406 e. The number of nitrogens with zero attached hydrogens (tertiary/aromatic N) is 3. The van der Waals surface area contributed by atoms with Crippen molar-refractivity contribution in [1.82, 2.24) is 9.88 Å². The van der Waals surface area contributed by atoms with Gasteiger partial charge in [-0.25, -0.2) is 9.98 Å². The molecule has 1 aromatic heterocycles. The lowest BCUT2D eigenvalue weighted by molar-refractivity contribution is -0.158. The van der Waals surface area contributed by atoms with Crippen LogP contribution in [0, 0.1) is 12.3 Å². The monoisotopic (exact) mass is 478 g/mol. The van der Waals surface area contributed by atoms with E-state index >= 15 is 0 Å². The molecule has 0 saturated heterocycles. The summed E-state index contributed by atoms with van der Waals surface area (Å²) in [6, 6.07) is 5.81. The maximum absolute atomic E-state index is 13.8. The molecule has 2 aromatic rings. The number of benzene rings is 1. The topological polar surface area (TPSA) is 80.8 Å². The number of nitrogens with two attached hydrogens (primary N) is 1. The van der Waals surface area contributed by atoms with E-state index < -0.39 is 29.6 Å². The van der Waals surface area contributed by atoms with Crippen LogP contribution in [0.1, 0.15) is 41.7 Å². The Bertz CT molecular complexity index is 1140. The summed E-state index contributed by atoms with van der Waals surface area (Å²) in [6.07, 6.45) is 0.497. The lowest BCUT2D eigenvalue weighted by atomic mass is 9.61. The number of amides is 1. The summed E-state index contributed by atoms with van der Waals surface area (Å²) in [5, 5.41) is 0.795. The molecule has 3 aliphatic rings. The molecule has 2 spiro atoms. The highest BCUT2D eigenvalue weighted by atomic mass is 32.1. The van der Waals surface area contributed by atoms with E-state index in [1.165, 1.54) is 11.3 Å². The highest BCUT2D eigenvalue weighted by Gasteiger charge is 2.67. The first kappa shape index (κ1) is 22.3. The van der Waals surface area contributed by atoms with E-state index in [-0.39, 0.29) is 12.1 Å². The molecule has 0 radical (unpaired) electrons. The molecule has 1 unspecified atom stereocenters. The van der Waals surface area contributed by atoms with Crippen molar-refractivity contribution in [3.05, 3.63) is 40.4 Å². The van der Waals surface area contributed by atoms with E-state index in [0.717, 1.165) is 21.0 Å². The van der Waals surface area contributed by atoms with Crippen molar-refractivity contribution < 1.29 is 22.7 Å². The second kappa shape index (κ2) is 7.53. The number of thiazole rings is 1. The molecular formula is C23H25F3N4O2S. The Labute approximate surface area is 193 Å². The van der Waals surface area contributed by atoms with Crippen molar-refractivity contribution >= 4 is 23.2 Å². The minimum atomic E-state index is -4.58. The van der Waals surface area contributed by atoms with E-state index in [9.17, 15) is 18.0 Å². The molecule has 1 aliphatic heterocycles. The standard InChI is InChI=1S/C23H25F3N4O2S/c1-13-11-28-18(33-13)14-3-4-15-10-21(7-5-16(32-2)6-8-21)23(17(15)9-14)19(31)30(20(27)29-23)12-22(24,25)26/h3-4,9,11,16H,5-8,10,12H2,1-2H3,(H2,27,29)/t16-,21-,23?. The zero-order chi connectivity index (χ0) is 23.6. The van der Waals surface area contributed by atoms with Crippen LogP contribution in [0.2, 0.25) is 0 Å². The van der Waals surface area contributed by atoms with Gasteiger partial charge in [-0.15, -0.1) is 11.3 Å². The van der Waals surface area contributed by atoms with Crippen molar-refractivity contribution in [2.24, 2.45) is 16.1 Å². The van der Waals surface area contributed by atoms with Crippen molar-refractivity contribution in [2.45, 2.75) is 56.8 Å². The Morgan fingerprint density at radius 2 is 2.03 bits per heavy atom.